The van der Waals surface area contributed by atoms with Gasteiger partial charge in [0.05, 0.1) is 47.5 Å². The third kappa shape index (κ3) is 4.58. The summed E-state index contributed by atoms with van der Waals surface area (Å²) in [6.07, 6.45) is 1.02. The van der Waals surface area contributed by atoms with Crippen LogP contribution in [0.2, 0.25) is 10.0 Å². The average Bonchev–Trinajstić information content (AvgIpc) is 2.62. The number of halogens is 2. The number of methoxy groups -OCH3 is 2. The molecule has 0 fully saturated rings. The molecular weight excluding hydrogens is 415 g/mol. The minimum absolute atomic E-state index is 0.0385. The summed E-state index contributed by atoms with van der Waals surface area (Å²) in [5, 5.41) is 3.10. The van der Waals surface area contributed by atoms with E-state index < -0.39 is 15.9 Å². The molecule has 146 valence electrons. The van der Waals surface area contributed by atoms with E-state index in [2.05, 4.69) is 5.32 Å². The topological polar surface area (TPSA) is 84.9 Å². The first-order valence-electron chi connectivity index (χ1n) is 7.55. The third-order valence-electron chi connectivity index (χ3n) is 3.78. The summed E-state index contributed by atoms with van der Waals surface area (Å²) in [4.78, 5) is 12.9. The molecule has 0 aliphatic carbocycles. The second-order valence-corrected chi connectivity index (χ2v) is 8.33. The smallest absolute Gasteiger partial charge is 0.258 e. The van der Waals surface area contributed by atoms with Crippen molar-refractivity contribution in [2.75, 3.05) is 37.1 Å². The molecule has 0 atom stereocenters. The lowest BCUT2D eigenvalue weighted by Crippen LogP contribution is -2.28. The fraction of sp³-hybridized carbons (Fsp3) is 0.235. The van der Waals surface area contributed by atoms with Crippen LogP contribution < -0.4 is 19.1 Å². The minimum atomic E-state index is -3.64. The van der Waals surface area contributed by atoms with Gasteiger partial charge in [-0.25, -0.2) is 8.42 Å². The van der Waals surface area contributed by atoms with Crippen molar-refractivity contribution < 1.29 is 22.7 Å². The lowest BCUT2D eigenvalue weighted by molar-refractivity contribution is 0.102. The third-order valence-corrected chi connectivity index (χ3v) is 5.61. The van der Waals surface area contributed by atoms with E-state index in [0.29, 0.717) is 0 Å². The van der Waals surface area contributed by atoms with Gasteiger partial charge in [-0.2, -0.15) is 0 Å². The molecule has 0 heterocycles. The highest BCUT2D eigenvalue weighted by Crippen LogP contribution is 2.37. The summed E-state index contributed by atoms with van der Waals surface area (Å²) in [7, 11) is 0.504. The Labute approximate surface area is 167 Å². The molecule has 0 spiro atoms. The maximum absolute atomic E-state index is 12.9. The quantitative estimate of drug-likeness (QED) is 0.752. The van der Waals surface area contributed by atoms with Gasteiger partial charge in [-0.05, 0) is 18.2 Å². The number of para-hydroxylation sites is 1. The first kappa shape index (κ1) is 21.1. The van der Waals surface area contributed by atoms with Crippen molar-refractivity contribution in [3.8, 4) is 11.5 Å². The monoisotopic (exact) mass is 432 g/mol. The predicted octanol–water partition coefficient (Wildman–Crippen LogP) is 3.66. The number of carbonyl (C=O) groups is 1. The molecule has 0 unspecified atom stereocenters. The zero-order valence-electron chi connectivity index (χ0n) is 15.0. The number of amides is 1. The molecular formula is C17H18Cl2N2O5S. The molecule has 2 aromatic rings. The molecule has 7 nitrogen and oxygen atoms in total. The van der Waals surface area contributed by atoms with Crippen LogP contribution in [0.5, 0.6) is 11.5 Å². The van der Waals surface area contributed by atoms with Crippen LogP contribution in [0.1, 0.15) is 10.4 Å². The number of hydrogen-bond donors (Lipinski definition) is 1. The van der Waals surface area contributed by atoms with Crippen molar-refractivity contribution in [2.45, 2.75) is 0 Å². The highest BCUT2D eigenvalue weighted by Gasteiger charge is 2.24. The largest absolute Gasteiger partial charge is 0.493 e. The number of carbonyl (C=O) groups excluding carboxylic acids is 1. The lowest BCUT2D eigenvalue weighted by atomic mass is 10.1. The number of sulfonamides is 1. The maximum atomic E-state index is 12.9. The zero-order valence-corrected chi connectivity index (χ0v) is 17.4. The number of rotatable bonds is 6. The molecule has 0 aliphatic heterocycles. The van der Waals surface area contributed by atoms with E-state index in [4.69, 9.17) is 32.7 Å². The van der Waals surface area contributed by atoms with Gasteiger partial charge < -0.3 is 14.8 Å². The Morgan fingerprint density at radius 2 is 1.59 bits per heavy atom. The van der Waals surface area contributed by atoms with Gasteiger partial charge >= 0.3 is 0 Å². The Hall–Kier alpha value is -2.16. The molecule has 1 N–H and O–H groups in total. The van der Waals surface area contributed by atoms with Crippen molar-refractivity contribution in [1.82, 2.24) is 0 Å². The number of nitrogens with one attached hydrogen (secondary N) is 1. The Balaban J connectivity index is 2.61. The molecule has 0 aliphatic rings. The van der Waals surface area contributed by atoms with Crippen LogP contribution in [0.3, 0.4) is 0 Å². The summed E-state index contributed by atoms with van der Waals surface area (Å²) in [6.45, 7) is 0. The molecule has 1 amide bonds. The van der Waals surface area contributed by atoms with Crippen LogP contribution >= 0.6 is 23.2 Å². The average molecular weight is 433 g/mol. The summed E-state index contributed by atoms with van der Waals surface area (Å²) in [6, 6.07) is 7.57. The molecule has 0 aromatic heterocycles. The van der Waals surface area contributed by atoms with Gasteiger partial charge in [-0.15, -0.1) is 0 Å². The normalized spacial score (nSPS) is 11.0. The highest BCUT2D eigenvalue weighted by atomic mass is 35.5. The molecule has 2 aromatic carbocycles. The van der Waals surface area contributed by atoms with Crippen molar-refractivity contribution >= 4 is 50.5 Å². The van der Waals surface area contributed by atoms with E-state index in [-0.39, 0.29) is 38.5 Å². The second-order valence-electron chi connectivity index (χ2n) is 5.51. The first-order valence-corrected chi connectivity index (χ1v) is 10.2. The first-order chi connectivity index (χ1) is 12.6. The van der Waals surface area contributed by atoms with E-state index in [9.17, 15) is 13.2 Å². The van der Waals surface area contributed by atoms with Gasteiger partial charge in [-0.3, -0.25) is 9.10 Å². The van der Waals surface area contributed by atoms with Gasteiger partial charge in [-0.1, -0.05) is 29.3 Å². The number of hydrogen-bond acceptors (Lipinski definition) is 5. The van der Waals surface area contributed by atoms with Gasteiger partial charge in [0.15, 0.2) is 11.5 Å². The Morgan fingerprint density at radius 1 is 1.07 bits per heavy atom. The highest BCUT2D eigenvalue weighted by molar-refractivity contribution is 7.92. The van der Waals surface area contributed by atoms with E-state index in [1.54, 1.807) is 18.2 Å². The molecule has 2 rings (SSSR count). The van der Waals surface area contributed by atoms with E-state index >= 15 is 0 Å². The maximum Gasteiger partial charge on any atom is 0.258 e. The fourth-order valence-electron chi connectivity index (χ4n) is 2.29. The summed E-state index contributed by atoms with van der Waals surface area (Å²) < 4.78 is 35.4. The Kier molecular flexibility index (Phi) is 6.46. The van der Waals surface area contributed by atoms with Crippen LogP contribution in [0.4, 0.5) is 11.4 Å². The molecule has 0 radical (unpaired) electrons. The van der Waals surface area contributed by atoms with Gasteiger partial charge in [0.25, 0.3) is 5.91 Å². The number of nitrogens with zero attached hydrogens (tertiary/aromatic N) is 1. The molecule has 10 heteroatoms. The Morgan fingerprint density at radius 3 is 2.07 bits per heavy atom. The van der Waals surface area contributed by atoms with E-state index in [1.165, 1.54) is 33.4 Å². The van der Waals surface area contributed by atoms with Crippen molar-refractivity contribution in [3.05, 3.63) is 45.9 Å². The van der Waals surface area contributed by atoms with E-state index in [0.717, 1.165) is 10.6 Å². The van der Waals surface area contributed by atoms with Gasteiger partial charge in [0.2, 0.25) is 10.0 Å². The van der Waals surface area contributed by atoms with Crippen LogP contribution in [-0.4, -0.2) is 41.8 Å². The summed E-state index contributed by atoms with van der Waals surface area (Å²) >= 11 is 12.2. The molecule has 0 bridgehead atoms. The van der Waals surface area contributed by atoms with Crippen molar-refractivity contribution in [3.63, 3.8) is 0 Å². The van der Waals surface area contributed by atoms with Crippen molar-refractivity contribution in [1.29, 1.82) is 0 Å². The van der Waals surface area contributed by atoms with Gasteiger partial charge in [0, 0.05) is 13.1 Å². The van der Waals surface area contributed by atoms with Crippen molar-refractivity contribution in [2.24, 2.45) is 0 Å². The molecule has 0 saturated carbocycles. The second kappa shape index (κ2) is 8.24. The lowest BCUT2D eigenvalue weighted by Gasteiger charge is -2.22. The predicted molar refractivity (Wildman–Crippen MR) is 107 cm³/mol. The van der Waals surface area contributed by atoms with Gasteiger partial charge in [0.1, 0.15) is 0 Å². The zero-order chi connectivity index (χ0) is 20.4. The van der Waals surface area contributed by atoms with Crippen LogP contribution in [0.15, 0.2) is 30.3 Å². The van der Waals surface area contributed by atoms with Crippen LogP contribution in [0, 0.1) is 0 Å². The number of anilines is 2. The number of benzene rings is 2. The van der Waals surface area contributed by atoms with Crippen LogP contribution in [0.25, 0.3) is 0 Å². The Bertz CT molecular complexity index is 959. The molecule has 27 heavy (non-hydrogen) atoms. The minimum Gasteiger partial charge on any atom is -0.493 e. The SMILES string of the molecule is COc1cc(C(=O)Nc2c(Cl)cccc2Cl)c(N(C)S(C)(=O)=O)cc1OC. The summed E-state index contributed by atoms with van der Waals surface area (Å²) in [5.41, 5.74) is 0.362. The number of ether oxygens (including phenoxy) is 2. The summed E-state index contributed by atoms with van der Waals surface area (Å²) in [5.74, 6) is -0.0784. The fourth-order valence-corrected chi connectivity index (χ4v) is 3.29. The van der Waals surface area contributed by atoms with E-state index in [1.807, 2.05) is 0 Å². The van der Waals surface area contributed by atoms with Crippen LogP contribution in [-0.2, 0) is 10.0 Å². The standard InChI is InChI=1S/C17H18Cl2N2O5S/c1-21(27(4,23)24)13-9-15(26-3)14(25-2)8-10(13)17(22)20-16-11(18)6-5-7-12(16)19/h5-9H,1-4H3,(H,20,22). The molecule has 0 saturated heterocycles.